The van der Waals surface area contributed by atoms with E-state index < -0.39 is 0 Å². The molecular formula is C7H8KN. The van der Waals surface area contributed by atoms with Crippen LogP contribution in [0.15, 0.2) is 18.3 Å². The summed E-state index contributed by atoms with van der Waals surface area (Å²) in [6.07, 6.45) is 1.81. The van der Waals surface area contributed by atoms with E-state index >= 15 is 0 Å². The van der Waals surface area contributed by atoms with Crippen molar-refractivity contribution in [2.24, 2.45) is 0 Å². The van der Waals surface area contributed by atoms with Gasteiger partial charge in [0.25, 0.3) is 0 Å². The van der Waals surface area contributed by atoms with Gasteiger partial charge >= 0.3 is 51.4 Å². The number of pyridine rings is 1. The Labute approximate surface area is 98.3 Å². The number of rotatable bonds is 0. The zero-order valence-electron chi connectivity index (χ0n) is 5.89. The maximum absolute atomic E-state index is 3.97. The average molecular weight is 145 g/mol. The number of aryl methyl sites for hydroxylation is 1. The Morgan fingerprint density at radius 2 is 2.11 bits per heavy atom. The third-order valence-corrected chi connectivity index (χ3v) is 0.973. The summed E-state index contributed by atoms with van der Waals surface area (Å²) < 4.78 is 0. The fourth-order valence-electron chi connectivity index (χ4n) is 0.498. The van der Waals surface area contributed by atoms with Gasteiger partial charge in [0, 0.05) is 6.20 Å². The minimum Gasteiger partial charge on any atom is -0.295 e. The molecule has 0 saturated carbocycles. The molecule has 0 radical (unpaired) electrons. The Morgan fingerprint density at radius 3 is 2.44 bits per heavy atom. The Hall–Kier alpha value is 0.656. The van der Waals surface area contributed by atoms with E-state index in [1.54, 1.807) is 0 Å². The van der Waals surface area contributed by atoms with Crippen molar-refractivity contribution in [1.29, 1.82) is 0 Å². The Bertz CT molecular complexity index is 148. The summed E-state index contributed by atoms with van der Waals surface area (Å²) in [6.45, 7) is 5.66. The molecule has 0 amide bonds. The van der Waals surface area contributed by atoms with Crippen LogP contribution >= 0.6 is 0 Å². The normalized spacial score (nSPS) is 8.11. The van der Waals surface area contributed by atoms with E-state index in [1.807, 2.05) is 25.3 Å². The predicted octanol–water partition coefficient (Wildman–Crippen LogP) is -1.42. The second-order valence-electron chi connectivity index (χ2n) is 1.83. The molecule has 0 saturated heterocycles. The molecule has 0 aromatic carbocycles. The molecule has 1 aromatic heterocycles. The van der Waals surface area contributed by atoms with Crippen molar-refractivity contribution in [3.63, 3.8) is 0 Å². The second kappa shape index (κ2) is 4.47. The summed E-state index contributed by atoms with van der Waals surface area (Å²) in [5.41, 5.74) is 2.01. The van der Waals surface area contributed by atoms with Gasteiger partial charge in [0.05, 0.1) is 0 Å². The van der Waals surface area contributed by atoms with Crippen LogP contribution in [0.25, 0.3) is 0 Å². The molecule has 0 bridgehead atoms. The number of nitrogens with zero attached hydrogens (tertiary/aromatic N) is 1. The molecule has 0 spiro atoms. The minimum atomic E-state index is 0. The molecule has 0 aliphatic heterocycles. The predicted molar refractivity (Wildman–Crippen MR) is 33.4 cm³/mol. The van der Waals surface area contributed by atoms with Gasteiger partial charge in [-0.25, -0.2) is 6.92 Å². The summed E-state index contributed by atoms with van der Waals surface area (Å²) in [7, 11) is 0. The van der Waals surface area contributed by atoms with Crippen molar-refractivity contribution < 1.29 is 51.4 Å². The SMILES string of the molecule is [CH2-]c1ccc(C)cn1.[K+]. The molecule has 2 heteroatoms. The van der Waals surface area contributed by atoms with Gasteiger partial charge < -0.3 is 0 Å². The van der Waals surface area contributed by atoms with Crippen molar-refractivity contribution >= 4 is 0 Å². The molecule has 0 fully saturated rings. The van der Waals surface area contributed by atoms with Crippen LogP contribution in [0.3, 0.4) is 0 Å². The van der Waals surface area contributed by atoms with Crippen LogP contribution in [0.4, 0.5) is 0 Å². The van der Waals surface area contributed by atoms with Gasteiger partial charge in [0.1, 0.15) is 0 Å². The Morgan fingerprint density at radius 1 is 1.44 bits per heavy atom. The topological polar surface area (TPSA) is 12.9 Å². The Balaban J connectivity index is 0.000000640. The van der Waals surface area contributed by atoms with Crippen LogP contribution < -0.4 is 51.4 Å². The van der Waals surface area contributed by atoms with E-state index in [1.165, 1.54) is 5.56 Å². The van der Waals surface area contributed by atoms with Crippen molar-refractivity contribution in [3.05, 3.63) is 36.5 Å². The van der Waals surface area contributed by atoms with E-state index in [0.717, 1.165) is 5.69 Å². The van der Waals surface area contributed by atoms with E-state index in [9.17, 15) is 0 Å². The second-order valence-corrected chi connectivity index (χ2v) is 1.83. The largest absolute Gasteiger partial charge is 1.00 e. The molecule has 0 aliphatic rings. The van der Waals surface area contributed by atoms with Gasteiger partial charge in [-0.2, -0.15) is 6.07 Å². The zero-order valence-corrected chi connectivity index (χ0v) is 9.01. The maximum Gasteiger partial charge on any atom is 1.00 e. The van der Waals surface area contributed by atoms with E-state index in [4.69, 9.17) is 0 Å². The van der Waals surface area contributed by atoms with Crippen molar-refractivity contribution in [2.75, 3.05) is 0 Å². The molecule has 0 unspecified atom stereocenters. The summed E-state index contributed by atoms with van der Waals surface area (Å²) >= 11 is 0. The first-order valence-electron chi connectivity index (χ1n) is 2.53. The monoisotopic (exact) mass is 145 g/mol. The van der Waals surface area contributed by atoms with E-state index in [0.29, 0.717) is 0 Å². The van der Waals surface area contributed by atoms with Gasteiger partial charge in [-0.05, 0) is 6.92 Å². The minimum absolute atomic E-state index is 0. The fourth-order valence-corrected chi connectivity index (χ4v) is 0.498. The van der Waals surface area contributed by atoms with Crippen LogP contribution in [0.2, 0.25) is 0 Å². The van der Waals surface area contributed by atoms with Crippen molar-refractivity contribution in [2.45, 2.75) is 6.92 Å². The molecule has 42 valence electrons. The average Bonchev–Trinajstić information content (AvgIpc) is 1.77. The summed E-state index contributed by atoms with van der Waals surface area (Å²) in [5.74, 6) is 0. The van der Waals surface area contributed by atoms with Crippen LogP contribution in [0.1, 0.15) is 11.3 Å². The molecule has 1 nitrogen and oxygen atoms in total. The van der Waals surface area contributed by atoms with Crippen LogP contribution in [-0.4, -0.2) is 4.98 Å². The number of hydrogen-bond acceptors (Lipinski definition) is 1. The number of hydrogen-bond donors (Lipinski definition) is 0. The smallest absolute Gasteiger partial charge is 0.295 e. The van der Waals surface area contributed by atoms with Crippen LogP contribution in [0.5, 0.6) is 0 Å². The summed E-state index contributed by atoms with van der Waals surface area (Å²) in [6, 6.07) is 3.89. The summed E-state index contributed by atoms with van der Waals surface area (Å²) in [5, 5.41) is 0. The van der Waals surface area contributed by atoms with E-state index in [-0.39, 0.29) is 51.4 Å². The molecule has 0 aliphatic carbocycles. The summed E-state index contributed by atoms with van der Waals surface area (Å²) in [4.78, 5) is 3.97. The fraction of sp³-hybridized carbons (Fsp3) is 0.143. The van der Waals surface area contributed by atoms with Gasteiger partial charge in [-0.3, -0.25) is 4.98 Å². The van der Waals surface area contributed by atoms with E-state index in [2.05, 4.69) is 11.9 Å². The van der Waals surface area contributed by atoms with Crippen molar-refractivity contribution in [3.8, 4) is 0 Å². The number of aromatic nitrogens is 1. The molecule has 1 rings (SSSR count). The molecular weight excluding hydrogens is 137 g/mol. The third kappa shape index (κ3) is 3.38. The maximum atomic E-state index is 3.97. The van der Waals surface area contributed by atoms with Crippen LogP contribution in [-0.2, 0) is 0 Å². The van der Waals surface area contributed by atoms with Crippen molar-refractivity contribution in [1.82, 2.24) is 4.98 Å². The third-order valence-electron chi connectivity index (χ3n) is 0.973. The first-order chi connectivity index (χ1) is 3.79. The first-order valence-corrected chi connectivity index (χ1v) is 2.53. The Kier molecular flexibility index (Phi) is 4.79. The molecule has 1 aromatic rings. The quantitative estimate of drug-likeness (QED) is 0.322. The van der Waals surface area contributed by atoms with Gasteiger partial charge in [0.2, 0.25) is 0 Å². The molecule has 0 N–H and O–H groups in total. The molecule has 9 heavy (non-hydrogen) atoms. The first kappa shape index (κ1) is 9.66. The standard InChI is InChI=1S/C7H8N.K/c1-6-3-4-7(2)8-5-6;/h3-5H,2H2,1H3;/q-1;+1. The molecule has 0 atom stereocenters. The zero-order chi connectivity index (χ0) is 5.98. The van der Waals surface area contributed by atoms with Gasteiger partial charge in [-0.1, -0.05) is 5.56 Å². The van der Waals surface area contributed by atoms with Gasteiger partial charge in [-0.15, -0.1) is 11.8 Å². The van der Waals surface area contributed by atoms with Crippen LogP contribution in [0, 0.1) is 13.8 Å². The van der Waals surface area contributed by atoms with Gasteiger partial charge in [0.15, 0.2) is 0 Å². The molecule has 1 heterocycles.